The van der Waals surface area contributed by atoms with E-state index in [4.69, 9.17) is 4.74 Å². The number of hydrogen-bond acceptors (Lipinski definition) is 6. The number of aromatic nitrogens is 2. The van der Waals surface area contributed by atoms with Crippen LogP contribution in [0.2, 0.25) is 0 Å². The Labute approximate surface area is 177 Å². The summed E-state index contributed by atoms with van der Waals surface area (Å²) in [7, 11) is -1.83. The van der Waals surface area contributed by atoms with E-state index < -0.39 is 15.6 Å². The van der Waals surface area contributed by atoms with E-state index in [9.17, 15) is 8.42 Å². The Kier molecular flexibility index (Phi) is 5.98. The van der Waals surface area contributed by atoms with Gasteiger partial charge in [-0.25, -0.2) is 18.4 Å². The number of nitrogens with one attached hydrogen (secondary N) is 1. The lowest BCUT2D eigenvalue weighted by molar-refractivity contribution is 0.416. The normalized spacial score (nSPS) is 11.8. The molecule has 3 aromatic rings. The van der Waals surface area contributed by atoms with Gasteiger partial charge in [0, 0.05) is 22.9 Å². The fraction of sp³-hybridized carbons (Fsp3) is 0.273. The molecule has 0 aliphatic rings. The second kappa shape index (κ2) is 8.31. The van der Waals surface area contributed by atoms with Crippen molar-refractivity contribution in [1.29, 1.82) is 0 Å². The third kappa shape index (κ3) is 4.88. The Morgan fingerprint density at radius 2 is 1.73 bits per heavy atom. The number of sulfonamides is 1. The molecule has 7 nitrogen and oxygen atoms in total. The highest BCUT2D eigenvalue weighted by atomic mass is 32.2. The molecule has 0 radical (unpaired) electrons. The van der Waals surface area contributed by atoms with Crippen LogP contribution in [-0.4, -0.2) is 37.3 Å². The number of nitrogens with zero attached hydrogens (tertiary/aromatic N) is 3. The number of hydrogen-bond donors (Lipinski definition) is 1. The Hall–Kier alpha value is -3.13. The molecular formula is C22H26N4O3S. The van der Waals surface area contributed by atoms with Crippen molar-refractivity contribution in [2.24, 2.45) is 0 Å². The van der Waals surface area contributed by atoms with E-state index in [0.29, 0.717) is 17.2 Å². The van der Waals surface area contributed by atoms with Crippen LogP contribution in [0.25, 0.3) is 11.3 Å². The SMILES string of the molecule is COc1ccccc1-c1cc(Nc2cccc(N(C(C)(C)C)S(C)(=O)=O)c2)ncn1. The number of methoxy groups -OCH3 is 1. The third-order valence-electron chi connectivity index (χ3n) is 4.34. The molecule has 30 heavy (non-hydrogen) atoms. The predicted octanol–water partition coefficient (Wildman–Crippen LogP) is 4.46. The minimum absolute atomic E-state index is 0.578. The third-order valence-corrected chi connectivity index (χ3v) is 5.77. The topological polar surface area (TPSA) is 84.4 Å². The minimum Gasteiger partial charge on any atom is -0.496 e. The molecular weight excluding hydrogens is 400 g/mol. The summed E-state index contributed by atoms with van der Waals surface area (Å²) in [5.74, 6) is 1.31. The summed E-state index contributed by atoms with van der Waals surface area (Å²) in [5, 5.41) is 3.24. The Morgan fingerprint density at radius 3 is 2.40 bits per heavy atom. The van der Waals surface area contributed by atoms with Crippen molar-refractivity contribution >= 4 is 27.2 Å². The van der Waals surface area contributed by atoms with Gasteiger partial charge in [-0.2, -0.15) is 0 Å². The number of ether oxygens (including phenoxy) is 1. The molecule has 1 aromatic heterocycles. The fourth-order valence-corrected chi connectivity index (χ4v) is 4.85. The van der Waals surface area contributed by atoms with E-state index in [0.717, 1.165) is 17.0 Å². The van der Waals surface area contributed by atoms with Crippen molar-refractivity contribution in [3.05, 3.63) is 60.9 Å². The number of anilines is 3. The standard InChI is InChI=1S/C22H26N4O3S/c1-22(2,3)26(30(5,27)28)17-10-8-9-16(13-17)25-21-14-19(23-15-24-21)18-11-6-7-12-20(18)29-4/h6-15H,1-5H3,(H,23,24,25). The first-order chi connectivity index (χ1) is 14.1. The second-order valence-electron chi connectivity index (χ2n) is 7.86. The summed E-state index contributed by atoms with van der Waals surface area (Å²) in [5.41, 5.74) is 2.27. The molecule has 8 heteroatoms. The molecule has 2 aromatic carbocycles. The molecule has 0 saturated heterocycles. The summed E-state index contributed by atoms with van der Waals surface area (Å²) in [6, 6.07) is 16.7. The summed E-state index contributed by atoms with van der Waals surface area (Å²) in [6.45, 7) is 5.58. The van der Waals surface area contributed by atoms with E-state index in [-0.39, 0.29) is 0 Å². The number of benzene rings is 2. The van der Waals surface area contributed by atoms with Gasteiger partial charge in [0.05, 0.1) is 24.7 Å². The average Bonchev–Trinajstić information content (AvgIpc) is 2.66. The number of para-hydroxylation sites is 1. The number of rotatable bonds is 6. The lowest BCUT2D eigenvalue weighted by Gasteiger charge is -2.35. The van der Waals surface area contributed by atoms with Crippen LogP contribution in [0, 0.1) is 0 Å². The minimum atomic E-state index is -3.45. The lowest BCUT2D eigenvalue weighted by atomic mass is 10.1. The van der Waals surface area contributed by atoms with Crippen molar-refractivity contribution in [1.82, 2.24) is 9.97 Å². The Balaban J connectivity index is 1.94. The smallest absolute Gasteiger partial charge is 0.232 e. The van der Waals surface area contributed by atoms with E-state index in [1.54, 1.807) is 19.2 Å². The van der Waals surface area contributed by atoms with E-state index >= 15 is 0 Å². The highest BCUT2D eigenvalue weighted by Crippen LogP contribution is 2.31. The van der Waals surface area contributed by atoms with Gasteiger partial charge in [0.25, 0.3) is 0 Å². The van der Waals surface area contributed by atoms with Crippen LogP contribution in [0.1, 0.15) is 20.8 Å². The molecule has 3 rings (SSSR count). The van der Waals surface area contributed by atoms with Crippen molar-refractivity contribution in [3.8, 4) is 17.0 Å². The highest BCUT2D eigenvalue weighted by molar-refractivity contribution is 7.92. The maximum atomic E-state index is 12.4. The van der Waals surface area contributed by atoms with Gasteiger partial charge < -0.3 is 10.1 Å². The van der Waals surface area contributed by atoms with Crippen LogP contribution in [0.4, 0.5) is 17.2 Å². The van der Waals surface area contributed by atoms with E-state index in [1.165, 1.54) is 16.9 Å². The molecule has 158 valence electrons. The van der Waals surface area contributed by atoms with Crippen LogP contribution >= 0.6 is 0 Å². The van der Waals surface area contributed by atoms with Crippen molar-refractivity contribution in [3.63, 3.8) is 0 Å². The van der Waals surface area contributed by atoms with Gasteiger partial charge in [0.1, 0.15) is 17.9 Å². The molecule has 0 fully saturated rings. The van der Waals surface area contributed by atoms with E-state index in [2.05, 4.69) is 15.3 Å². The van der Waals surface area contributed by atoms with Crippen LogP contribution in [0.5, 0.6) is 5.75 Å². The molecule has 0 aliphatic carbocycles. The largest absolute Gasteiger partial charge is 0.496 e. The molecule has 0 saturated carbocycles. The molecule has 0 unspecified atom stereocenters. The molecule has 1 heterocycles. The fourth-order valence-electron chi connectivity index (χ4n) is 3.36. The first kappa shape index (κ1) is 21.6. The molecule has 1 N–H and O–H groups in total. The monoisotopic (exact) mass is 426 g/mol. The molecule has 0 atom stereocenters. The Morgan fingerprint density at radius 1 is 1.00 bits per heavy atom. The lowest BCUT2D eigenvalue weighted by Crippen LogP contribution is -2.45. The van der Waals surface area contributed by atoms with Gasteiger partial charge in [-0.3, -0.25) is 4.31 Å². The molecule has 0 bridgehead atoms. The summed E-state index contributed by atoms with van der Waals surface area (Å²) in [4.78, 5) is 8.64. The van der Waals surface area contributed by atoms with Crippen LogP contribution in [0.3, 0.4) is 0 Å². The summed E-state index contributed by atoms with van der Waals surface area (Å²) in [6.07, 6.45) is 2.69. The van der Waals surface area contributed by atoms with Crippen molar-refractivity contribution in [2.75, 3.05) is 23.0 Å². The van der Waals surface area contributed by atoms with Gasteiger partial charge in [0.2, 0.25) is 10.0 Å². The van der Waals surface area contributed by atoms with Crippen LogP contribution in [-0.2, 0) is 10.0 Å². The van der Waals surface area contributed by atoms with Gasteiger partial charge in [0.15, 0.2) is 0 Å². The summed E-state index contributed by atoms with van der Waals surface area (Å²) >= 11 is 0. The zero-order valence-electron chi connectivity index (χ0n) is 17.7. The summed E-state index contributed by atoms with van der Waals surface area (Å²) < 4.78 is 31.6. The van der Waals surface area contributed by atoms with Crippen molar-refractivity contribution < 1.29 is 13.2 Å². The zero-order valence-corrected chi connectivity index (χ0v) is 18.6. The van der Waals surface area contributed by atoms with Crippen molar-refractivity contribution in [2.45, 2.75) is 26.3 Å². The van der Waals surface area contributed by atoms with Gasteiger partial charge in [-0.1, -0.05) is 18.2 Å². The first-order valence-electron chi connectivity index (χ1n) is 9.42. The van der Waals surface area contributed by atoms with Gasteiger partial charge >= 0.3 is 0 Å². The highest BCUT2D eigenvalue weighted by Gasteiger charge is 2.29. The Bertz CT molecular complexity index is 1140. The first-order valence-corrected chi connectivity index (χ1v) is 11.3. The molecule has 0 aliphatic heterocycles. The van der Waals surface area contributed by atoms with Crippen LogP contribution < -0.4 is 14.4 Å². The molecule has 0 amide bonds. The maximum Gasteiger partial charge on any atom is 0.232 e. The quantitative estimate of drug-likeness (QED) is 0.626. The molecule has 0 spiro atoms. The average molecular weight is 427 g/mol. The van der Waals surface area contributed by atoms with E-state index in [1.807, 2.05) is 63.2 Å². The maximum absolute atomic E-state index is 12.4. The van der Waals surface area contributed by atoms with Gasteiger partial charge in [-0.15, -0.1) is 0 Å². The second-order valence-corrected chi connectivity index (χ2v) is 9.69. The van der Waals surface area contributed by atoms with Gasteiger partial charge in [-0.05, 0) is 51.1 Å². The zero-order chi connectivity index (χ0) is 21.9. The van der Waals surface area contributed by atoms with Crippen LogP contribution in [0.15, 0.2) is 60.9 Å². The predicted molar refractivity (Wildman–Crippen MR) is 121 cm³/mol.